The molecule has 0 radical (unpaired) electrons. The zero-order chi connectivity index (χ0) is 10.6. The van der Waals surface area contributed by atoms with E-state index in [-0.39, 0.29) is 12.1 Å². The minimum Gasteiger partial charge on any atom is -0.461 e. The molecule has 1 aliphatic carbocycles. The zero-order valence-electron chi connectivity index (χ0n) is 8.95. The molecule has 4 heteroatoms. The highest BCUT2D eigenvalue weighted by Gasteiger charge is 2.23. The van der Waals surface area contributed by atoms with Crippen LogP contribution in [0, 0.1) is 0 Å². The van der Waals surface area contributed by atoms with Crippen LogP contribution in [0.25, 0.3) is 0 Å². The SMILES string of the molecule is CN[C@H]1CC[C@H](OC(=O)[C@@H](C)N)CC1. The number of hydrogen-bond acceptors (Lipinski definition) is 4. The molecule has 1 aliphatic rings. The molecule has 3 N–H and O–H groups in total. The number of carbonyl (C=O) groups excluding carboxylic acids is 1. The largest absolute Gasteiger partial charge is 0.461 e. The number of ether oxygens (including phenoxy) is 1. The van der Waals surface area contributed by atoms with E-state index < -0.39 is 6.04 Å². The van der Waals surface area contributed by atoms with Gasteiger partial charge in [0.2, 0.25) is 0 Å². The number of nitrogens with two attached hydrogens (primary N) is 1. The van der Waals surface area contributed by atoms with Crippen molar-refractivity contribution in [1.82, 2.24) is 5.32 Å². The van der Waals surface area contributed by atoms with Crippen molar-refractivity contribution in [2.45, 2.75) is 50.8 Å². The van der Waals surface area contributed by atoms with E-state index in [0.717, 1.165) is 25.7 Å². The van der Waals surface area contributed by atoms with E-state index >= 15 is 0 Å². The van der Waals surface area contributed by atoms with Crippen molar-refractivity contribution in [3.8, 4) is 0 Å². The van der Waals surface area contributed by atoms with E-state index in [9.17, 15) is 4.79 Å². The first-order valence-corrected chi connectivity index (χ1v) is 5.26. The third kappa shape index (κ3) is 3.27. The maximum absolute atomic E-state index is 11.2. The van der Waals surface area contributed by atoms with E-state index in [0.29, 0.717) is 6.04 Å². The maximum atomic E-state index is 11.2. The van der Waals surface area contributed by atoms with Crippen LogP contribution in [-0.2, 0) is 9.53 Å². The average molecular weight is 200 g/mol. The second-order valence-electron chi connectivity index (χ2n) is 3.99. The van der Waals surface area contributed by atoms with Gasteiger partial charge in [-0.15, -0.1) is 0 Å². The zero-order valence-corrected chi connectivity index (χ0v) is 8.95. The van der Waals surface area contributed by atoms with Crippen molar-refractivity contribution < 1.29 is 9.53 Å². The fourth-order valence-corrected chi connectivity index (χ4v) is 1.74. The summed E-state index contributed by atoms with van der Waals surface area (Å²) in [6.45, 7) is 1.65. The van der Waals surface area contributed by atoms with Gasteiger partial charge in [0.05, 0.1) is 0 Å². The van der Waals surface area contributed by atoms with Gasteiger partial charge in [0.15, 0.2) is 0 Å². The topological polar surface area (TPSA) is 64.3 Å². The van der Waals surface area contributed by atoms with Gasteiger partial charge in [-0.1, -0.05) is 0 Å². The number of hydrogen-bond donors (Lipinski definition) is 2. The minimum atomic E-state index is -0.503. The summed E-state index contributed by atoms with van der Waals surface area (Å²) >= 11 is 0. The lowest BCUT2D eigenvalue weighted by molar-refractivity contribution is -0.151. The van der Waals surface area contributed by atoms with E-state index in [1.165, 1.54) is 0 Å². The van der Waals surface area contributed by atoms with Crippen molar-refractivity contribution in [3.05, 3.63) is 0 Å². The van der Waals surface area contributed by atoms with Gasteiger partial charge in [0, 0.05) is 6.04 Å². The number of nitrogens with one attached hydrogen (secondary N) is 1. The Morgan fingerprint density at radius 3 is 2.43 bits per heavy atom. The molecule has 0 heterocycles. The Morgan fingerprint density at radius 1 is 1.43 bits per heavy atom. The fourth-order valence-electron chi connectivity index (χ4n) is 1.74. The minimum absolute atomic E-state index is 0.0816. The molecular formula is C10H20N2O2. The average Bonchev–Trinajstić information content (AvgIpc) is 2.19. The fraction of sp³-hybridized carbons (Fsp3) is 0.900. The van der Waals surface area contributed by atoms with Crippen LogP contribution in [0.1, 0.15) is 32.6 Å². The molecule has 0 aromatic rings. The molecule has 1 saturated carbocycles. The monoisotopic (exact) mass is 200 g/mol. The van der Waals surface area contributed by atoms with Gasteiger partial charge >= 0.3 is 5.97 Å². The number of carbonyl (C=O) groups is 1. The second kappa shape index (κ2) is 5.32. The number of esters is 1. The van der Waals surface area contributed by atoms with Crippen LogP contribution in [0.4, 0.5) is 0 Å². The molecule has 0 spiro atoms. The van der Waals surface area contributed by atoms with Crippen LogP contribution in [0.15, 0.2) is 0 Å². The van der Waals surface area contributed by atoms with Crippen LogP contribution < -0.4 is 11.1 Å². The standard InChI is InChI=1S/C10H20N2O2/c1-7(11)10(13)14-9-5-3-8(12-2)4-6-9/h7-9,12H,3-6,11H2,1-2H3/t7-,8-,9-/m1/s1. The molecule has 0 aromatic heterocycles. The first-order valence-electron chi connectivity index (χ1n) is 5.26. The van der Waals surface area contributed by atoms with Crippen molar-refractivity contribution in [3.63, 3.8) is 0 Å². The van der Waals surface area contributed by atoms with Crippen LogP contribution in [0.3, 0.4) is 0 Å². The van der Waals surface area contributed by atoms with Crippen LogP contribution >= 0.6 is 0 Å². The molecule has 0 bridgehead atoms. The van der Waals surface area contributed by atoms with Crippen molar-refractivity contribution in [2.24, 2.45) is 5.73 Å². The number of rotatable bonds is 3. The third-order valence-electron chi connectivity index (χ3n) is 2.74. The molecule has 0 aromatic carbocycles. The Balaban J connectivity index is 2.25. The predicted molar refractivity (Wildman–Crippen MR) is 54.8 cm³/mol. The van der Waals surface area contributed by atoms with Crippen molar-refractivity contribution >= 4 is 5.97 Å². The normalized spacial score (nSPS) is 29.6. The Bertz CT molecular complexity index is 187. The molecule has 4 nitrogen and oxygen atoms in total. The van der Waals surface area contributed by atoms with Gasteiger partial charge < -0.3 is 15.8 Å². The highest BCUT2D eigenvalue weighted by atomic mass is 16.5. The first-order chi connectivity index (χ1) is 6.63. The summed E-state index contributed by atoms with van der Waals surface area (Å²) in [6, 6.07) is 0.0808. The molecule has 0 saturated heterocycles. The molecular weight excluding hydrogens is 180 g/mol. The van der Waals surface area contributed by atoms with Gasteiger partial charge in [-0.3, -0.25) is 4.79 Å². The molecule has 1 rings (SSSR count). The van der Waals surface area contributed by atoms with Gasteiger partial charge in [-0.2, -0.15) is 0 Å². The van der Waals surface area contributed by atoms with Crippen LogP contribution in [0.5, 0.6) is 0 Å². The molecule has 0 amide bonds. The summed E-state index contributed by atoms with van der Waals surface area (Å²) < 4.78 is 5.25. The summed E-state index contributed by atoms with van der Waals surface area (Å²) in [4.78, 5) is 11.2. The van der Waals surface area contributed by atoms with Crippen molar-refractivity contribution in [1.29, 1.82) is 0 Å². The molecule has 14 heavy (non-hydrogen) atoms. The van der Waals surface area contributed by atoms with Crippen LogP contribution in [-0.4, -0.2) is 31.2 Å². The van der Waals surface area contributed by atoms with Crippen LogP contribution in [0.2, 0.25) is 0 Å². The van der Waals surface area contributed by atoms with Gasteiger partial charge in [-0.05, 0) is 39.7 Å². The first kappa shape index (κ1) is 11.5. The summed E-state index contributed by atoms with van der Waals surface area (Å²) in [6.07, 6.45) is 4.13. The lowest BCUT2D eigenvalue weighted by atomic mass is 9.93. The van der Waals surface area contributed by atoms with E-state index in [2.05, 4.69) is 5.32 Å². The maximum Gasteiger partial charge on any atom is 0.322 e. The van der Waals surface area contributed by atoms with Gasteiger partial charge in [-0.25, -0.2) is 0 Å². The molecule has 0 unspecified atom stereocenters. The molecule has 1 atom stereocenters. The lowest BCUT2D eigenvalue weighted by Gasteiger charge is -2.28. The van der Waals surface area contributed by atoms with Gasteiger partial charge in [0.1, 0.15) is 12.1 Å². The predicted octanol–water partition coefficient (Wildman–Crippen LogP) is 0.407. The highest BCUT2D eigenvalue weighted by molar-refractivity contribution is 5.75. The second-order valence-corrected chi connectivity index (χ2v) is 3.99. The summed E-state index contributed by atoms with van der Waals surface area (Å²) in [5, 5.41) is 3.24. The lowest BCUT2D eigenvalue weighted by Crippen LogP contribution is -2.37. The highest BCUT2D eigenvalue weighted by Crippen LogP contribution is 2.21. The van der Waals surface area contributed by atoms with E-state index in [4.69, 9.17) is 10.5 Å². The summed E-state index contributed by atoms with van der Waals surface area (Å²) in [5.74, 6) is -0.280. The van der Waals surface area contributed by atoms with E-state index in [1.807, 2.05) is 7.05 Å². The Morgan fingerprint density at radius 2 is 2.00 bits per heavy atom. The quantitative estimate of drug-likeness (QED) is 0.648. The smallest absolute Gasteiger partial charge is 0.322 e. The Labute approximate surface area is 85.2 Å². The van der Waals surface area contributed by atoms with Crippen molar-refractivity contribution in [2.75, 3.05) is 7.05 Å². The molecule has 1 fully saturated rings. The summed E-state index contributed by atoms with van der Waals surface area (Å²) in [5.41, 5.74) is 5.42. The Kier molecular flexibility index (Phi) is 4.35. The molecule has 0 aliphatic heterocycles. The third-order valence-corrected chi connectivity index (χ3v) is 2.74. The molecule has 82 valence electrons. The van der Waals surface area contributed by atoms with Gasteiger partial charge in [0.25, 0.3) is 0 Å². The Hall–Kier alpha value is -0.610. The van der Waals surface area contributed by atoms with E-state index in [1.54, 1.807) is 6.92 Å². The summed E-state index contributed by atoms with van der Waals surface area (Å²) in [7, 11) is 1.97.